The third kappa shape index (κ3) is 4.71. The van der Waals surface area contributed by atoms with Crippen molar-refractivity contribution in [1.29, 1.82) is 0 Å². The molecule has 0 bridgehead atoms. The van der Waals surface area contributed by atoms with E-state index in [0.717, 1.165) is 32.0 Å². The Balaban J connectivity index is 0.00000261. The zero-order valence-corrected chi connectivity index (χ0v) is 19.9. The van der Waals surface area contributed by atoms with Crippen LogP contribution in [-0.4, -0.2) is 61.3 Å². The van der Waals surface area contributed by atoms with Crippen LogP contribution in [0.15, 0.2) is 4.99 Å². The van der Waals surface area contributed by atoms with Crippen molar-refractivity contribution in [2.45, 2.75) is 71.6 Å². The van der Waals surface area contributed by atoms with Crippen LogP contribution >= 0.6 is 24.0 Å². The lowest BCUT2D eigenvalue weighted by molar-refractivity contribution is -0.188. The number of ether oxygens (including phenoxy) is 2. The molecule has 0 spiro atoms. The molecule has 4 unspecified atom stereocenters. The number of carbonyl (C=O) groups is 1. The first-order valence-electron chi connectivity index (χ1n) is 9.96. The molecule has 156 valence electrons. The number of guanidine groups is 1. The van der Waals surface area contributed by atoms with E-state index < -0.39 is 5.60 Å². The van der Waals surface area contributed by atoms with Crippen LogP contribution in [0.3, 0.4) is 0 Å². The van der Waals surface area contributed by atoms with Crippen LogP contribution in [-0.2, 0) is 14.3 Å². The molecule has 2 aliphatic heterocycles. The molecular formula is C20H36IN3O3. The van der Waals surface area contributed by atoms with Crippen LogP contribution in [0, 0.1) is 17.3 Å². The first-order valence-corrected chi connectivity index (χ1v) is 9.96. The van der Waals surface area contributed by atoms with Crippen molar-refractivity contribution in [3.8, 4) is 0 Å². The SMILES string of the molecule is CN=C(NC1C2CCCOC2C1(C)C)N1CCC(C(=O)OC(C)(C)C)C1.I. The van der Waals surface area contributed by atoms with E-state index in [9.17, 15) is 4.79 Å². The Morgan fingerprint density at radius 3 is 2.63 bits per heavy atom. The summed E-state index contributed by atoms with van der Waals surface area (Å²) in [5.74, 6) is 1.28. The zero-order chi connectivity index (χ0) is 19.1. The normalized spacial score (nSPS) is 32.8. The van der Waals surface area contributed by atoms with Gasteiger partial charge >= 0.3 is 5.97 Å². The smallest absolute Gasteiger partial charge is 0.311 e. The van der Waals surface area contributed by atoms with Gasteiger partial charge in [-0.3, -0.25) is 9.79 Å². The number of halogens is 1. The van der Waals surface area contributed by atoms with Crippen molar-refractivity contribution in [3.63, 3.8) is 0 Å². The van der Waals surface area contributed by atoms with Crippen LogP contribution in [0.2, 0.25) is 0 Å². The summed E-state index contributed by atoms with van der Waals surface area (Å²) in [6, 6.07) is 0.368. The number of esters is 1. The lowest BCUT2D eigenvalue weighted by atomic mass is 9.55. The summed E-state index contributed by atoms with van der Waals surface area (Å²) < 4.78 is 11.6. The number of aliphatic imine (C=N–C) groups is 1. The van der Waals surface area contributed by atoms with Gasteiger partial charge in [0.1, 0.15) is 5.60 Å². The summed E-state index contributed by atoms with van der Waals surface area (Å²) in [6.07, 6.45) is 3.51. The minimum atomic E-state index is -0.434. The maximum absolute atomic E-state index is 12.4. The summed E-state index contributed by atoms with van der Waals surface area (Å²) in [6.45, 7) is 12.7. The Kier molecular flexibility index (Phi) is 7.09. The van der Waals surface area contributed by atoms with Crippen LogP contribution < -0.4 is 5.32 Å². The molecule has 4 atom stereocenters. The van der Waals surface area contributed by atoms with E-state index in [4.69, 9.17) is 9.47 Å². The number of rotatable bonds is 2. The van der Waals surface area contributed by atoms with E-state index in [-0.39, 0.29) is 41.3 Å². The van der Waals surface area contributed by atoms with Crippen molar-refractivity contribution >= 4 is 35.9 Å². The summed E-state index contributed by atoms with van der Waals surface area (Å²) in [7, 11) is 1.82. The lowest BCUT2D eigenvalue weighted by Crippen LogP contribution is -2.71. The number of hydrogen-bond acceptors (Lipinski definition) is 4. The van der Waals surface area contributed by atoms with Crippen molar-refractivity contribution in [2.75, 3.05) is 26.7 Å². The Labute approximate surface area is 180 Å². The first-order chi connectivity index (χ1) is 12.1. The quantitative estimate of drug-likeness (QED) is 0.277. The molecule has 27 heavy (non-hydrogen) atoms. The molecule has 1 aliphatic carbocycles. The average Bonchev–Trinajstić information content (AvgIpc) is 3.04. The van der Waals surface area contributed by atoms with Gasteiger partial charge in [0.2, 0.25) is 0 Å². The number of hydrogen-bond donors (Lipinski definition) is 1. The minimum Gasteiger partial charge on any atom is -0.460 e. The highest BCUT2D eigenvalue weighted by Gasteiger charge is 2.58. The van der Waals surface area contributed by atoms with E-state index >= 15 is 0 Å². The predicted molar refractivity (Wildman–Crippen MR) is 117 cm³/mol. The Morgan fingerprint density at radius 1 is 1.30 bits per heavy atom. The van der Waals surface area contributed by atoms with E-state index in [0.29, 0.717) is 24.6 Å². The molecular weight excluding hydrogens is 457 g/mol. The predicted octanol–water partition coefficient (Wildman–Crippen LogP) is 3.05. The Bertz CT molecular complexity index is 573. The summed E-state index contributed by atoms with van der Waals surface area (Å²) in [5, 5.41) is 3.69. The molecule has 0 aromatic heterocycles. The van der Waals surface area contributed by atoms with Gasteiger partial charge in [-0.25, -0.2) is 0 Å². The molecule has 0 radical (unpaired) electrons. The van der Waals surface area contributed by atoms with Crippen molar-refractivity contribution in [3.05, 3.63) is 0 Å². The van der Waals surface area contributed by atoms with E-state index in [1.165, 1.54) is 6.42 Å². The van der Waals surface area contributed by atoms with Crippen molar-refractivity contribution < 1.29 is 14.3 Å². The van der Waals surface area contributed by atoms with E-state index in [1.807, 2.05) is 27.8 Å². The lowest BCUT2D eigenvalue weighted by Gasteiger charge is -2.60. The molecule has 0 amide bonds. The molecule has 1 saturated carbocycles. The molecule has 7 heteroatoms. The third-order valence-electron chi connectivity index (χ3n) is 6.06. The molecule has 2 heterocycles. The fourth-order valence-corrected chi connectivity index (χ4v) is 4.78. The fourth-order valence-electron chi connectivity index (χ4n) is 4.78. The highest BCUT2D eigenvalue weighted by molar-refractivity contribution is 14.0. The second-order valence-corrected chi connectivity index (χ2v) is 9.55. The maximum atomic E-state index is 12.4. The van der Waals surface area contributed by atoms with Gasteiger partial charge in [0.25, 0.3) is 0 Å². The van der Waals surface area contributed by atoms with Gasteiger partial charge in [-0.2, -0.15) is 0 Å². The monoisotopic (exact) mass is 493 g/mol. The van der Waals surface area contributed by atoms with Gasteiger partial charge in [-0.05, 0) is 40.0 Å². The third-order valence-corrected chi connectivity index (χ3v) is 6.06. The van der Waals surface area contributed by atoms with Crippen LogP contribution in [0.25, 0.3) is 0 Å². The van der Waals surface area contributed by atoms with Crippen LogP contribution in [0.1, 0.15) is 53.9 Å². The fraction of sp³-hybridized carbons (Fsp3) is 0.900. The van der Waals surface area contributed by atoms with Crippen molar-refractivity contribution in [1.82, 2.24) is 10.2 Å². The highest BCUT2D eigenvalue weighted by atomic mass is 127. The molecule has 2 saturated heterocycles. The number of carbonyl (C=O) groups excluding carboxylic acids is 1. The number of nitrogens with zero attached hydrogens (tertiary/aromatic N) is 2. The average molecular weight is 493 g/mol. The van der Waals surface area contributed by atoms with Crippen LogP contribution in [0.4, 0.5) is 0 Å². The summed E-state index contributed by atoms with van der Waals surface area (Å²) in [4.78, 5) is 19.1. The van der Waals surface area contributed by atoms with Gasteiger partial charge in [-0.15, -0.1) is 24.0 Å². The largest absolute Gasteiger partial charge is 0.460 e. The standard InChI is InChI=1S/C20H35N3O3.HI/c1-19(2,3)26-17(24)13-9-10-23(12-13)18(21-6)22-15-14-8-7-11-25-16(14)20(15,4)5;/h13-16H,7-12H2,1-6H3,(H,21,22);1H. The topological polar surface area (TPSA) is 63.2 Å². The van der Waals surface area contributed by atoms with Gasteiger partial charge in [0.15, 0.2) is 5.96 Å². The highest BCUT2D eigenvalue weighted by Crippen LogP contribution is 2.51. The van der Waals surface area contributed by atoms with Crippen molar-refractivity contribution in [2.24, 2.45) is 22.2 Å². The van der Waals surface area contributed by atoms with Gasteiger partial charge in [-0.1, -0.05) is 13.8 Å². The molecule has 3 fully saturated rings. The maximum Gasteiger partial charge on any atom is 0.311 e. The van der Waals surface area contributed by atoms with Gasteiger partial charge in [0, 0.05) is 44.1 Å². The van der Waals surface area contributed by atoms with E-state index in [1.54, 1.807) is 0 Å². The number of nitrogens with one attached hydrogen (secondary N) is 1. The zero-order valence-electron chi connectivity index (χ0n) is 17.6. The molecule has 1 N–H and O–H groups in total. The number of likely N-dealkylation sites (tertiary alicyclic amines) is 1. The Morgan fingerprint density at radius 2 is 2.00 bits per heavy atom. The summed E-state index contributed by atoms with van der Waals surface area (Å²) in [5.41, 5.74) is -0.332. The second kappa shape index (κ2) is 8.43. The molecule has 3 rings (SSSR count). The first kappa shape index (κ1) is 22.7. The summed E-state index contributed by atoms with van der Waals surface area (Å²) >= 11 is 0. The number of fused-ring (bicyclic) bond motifs is 1. The molecule has 0 aromatic carbocycles. The molecule has 3 aliphatic rings. The molecule has 0 aromatic rings. The van der Waals surface area contributed by atoms with Gasteiger partial charge in [0.05, 0.1) is 12.0 Å². The minimum absolute atomic E-state index is 0. The van der Waals surface area contributed by atoms with Gasteiger partial charge < -0.3 is 19.7 Å². The Hall–Kier alpha value is -0.570. The molecule has 6 nitrogen and oxygen atoms in total. The second-order valence-electron chi connectivity index (χ2n) is 9.55. The van der Waals surface area contributed by atoms with E-state index in [2.05, 4.69) is 29.1 Å². The van der Waals surface area contributed by atoms with Crippen LogP contribution in [0.5, 0.6) is 0 Å².